The van der Waals surface area contributed by atoms with Gasteiger partial charge in [0.15, 0.2) is 10.9 Å². The van der Waals surface area contributed by atoms with Crippen LogP contribution in [0.4, 0.5) is 25.3 Å². The number of rotatable bonds is 7. The van der Waals surface area contributed by atoms with Gasteiger partial charge in [0.1, 0.15) is 33.7 Å². The number of hydrogen-bond acceptors (Lipinski definition) is 10. The number of hydrogen-bond donors (Lipinski definition) is 1. The van der Waals surface area contributed by atoms with Crippen LogP contribution in [0.3, 0.4) is 0 Å². The first-order chi connectivity index (χ1) is 23.2. The molecule has 0 unspecified atom stereocenters. The zero-order valence-corrected chi connectivity index (χ0v) is 27.7. The monoisotopic (exact) mass is 668 g/mol. The molecule has 5 aromatic rings. The molecule has 0 aliphatic carbocycles. The number of nitriles is 1. The third-order valence-electron chi connectivity index (χ3n) is 9.04. The summed E-state index contributed by atoms with van der Waals surface area (Å²) in [6, 6.07) is 13.6. The molecule has 3 aromatic heterocycles. The second-order valence-corrected chi connectivity index (χ2v) is 13.4. The molecular weight excluding hydrogens is 635 g/mol. The molecule has 0 spiro atoms. The van der Waals surface area contributed by atoms with Gasteiger partial charge in [-0.15, -0.1) is 0 Å². The molecule has 11 nitrogen and oxygen atoms in total. The highest BCUT2D eigenvalue weighted by molar-refractivity contribution is 7.16. The minimum absolute atomic E-state index is 0.0418. The van der Waals surface area contributed by atoms with Gasteiger partial charge in [0.05, 0.1) is 24.5 Å². The van der Waals surface area contributed by atoms with Crippen molar-refractivity contribution in [1.29, 1.82) is 5.26 Å². The van der Waals surface area contributed by atoms with Crippen molar-refractivity contribution < 1.29 is 13.6 Å². The third kappa shape index (κ3) is 6.07. The Hall–Kier alpha value is -5.00. The van der Waals surface area contributed by atoms with Crippen LogP contribution in [0.2, 0.25) is 0 Å². The maximum atomic E-state index is 15.9. The first-order valence-corrected chi connectivity index (χ1v) is 16.7. The first-order valence-electron chi connectivity index (χ1n) is 15.9. The van der Waals surface area contributed by atoms with Crippen LogP contribution >= 0.6 is 11.3 Å². The van der Waals surface area contributed by atoms with Crippen molar-refractivity contribution >= 4 is 44.7 Å². The van der Waals surface area contributed by atoms with Gasteiger partial charge >= 0.3 is 0 Å². The number of carbonyl (C=O) groups excluding carboxylic acids is 1. The second-order valence-electron chi connectivity index (χ2n) is 12.4. The van der Waals surface area contributed by atoms with Crippen LogP contribution in [0.5, 0.6) is 0 Å². The molecule has 1 fully saturated rings. The Balaban J connectivity index is 1.14. The Bertz CT molecular complexity index is 2030. The summed E-state index contributed by atoms with van der Waals surface area (Å²) < 4.78 is 29.5. The lowest BCUT2D eigenvalue weighted by molar-refractivity contribution is -0.133. The molecule has 7 rings (SSSR count). The zero-order valence-electron chi connectivity index (χ0n) is 26.9. The molecule has 0 radical (unpaired) electrons. The Morgan fingerprint density at radius 2 is 1.79 bits per heavy atom. The van der Waals surface area contributed by atoms with E-state index in [9.17, 15) is 14.4 Å². The smallest absolute Gasteiger partial charge is 0.237 e. The van der Waals surface area contributed by atoms with E-state index in [0.29, 0.717) is 78.9 Å². The van der Waals surface area contributed by atoms with Crippen LogP contribution in [-0.4, -0.2) is 87.4 Å². The largest absolute Gasteiger partial charge is 0.369 e. The zero-order chi connectivity index (χ0) is 33.5. The van der Waals surface area contributed by atoms with Crippen molar-refractivity contribution in [2.45, 2.75) is 32.7 Å². The molecule has 5 heterocycles. The van der Waals surface area contributed by atoms with Crippen LogP contribution < -0.4 is 9.80 Å². The van der Waals surface area contributed by atoms with Gasteiger partial charge in [0.2, 0.25) is 5.91 Å². The van der Waals surface area contributed by atoms with Crippen molar-refractivity contribution in [3.05, 3.63) is 76.1 Å². The molecule has 14 heteroatoms. The van der Waals surface area contributed by atoms with Crippen molar-refractivity contribution in [3.63, 3.8) is 0 Å². The number of nitrogens with one attached hydrogen (secondary N) is 1. The van der Waals surface area contributed by atoms with E-state index >= 15 is 4.39 Å². The van der Waals surface area contributed by atoms with Crippen molar-refractivity contribution in [2.75, 3.05) is 56.1 Å². The second kappa shape index (κ2) is 12.9. The van der Waals surface area contributed by atoms with E-state index in [0.717, 1.165) is 28.5 Å². The van der Waals surface area contributed by atoms with Crippen LogP contribution in [0.25, 0.3) is 22.2 Å². The summed E-state index contributed by atoms with van der Waals surface area (Å²) in [5, 5.41) is 22.0. The number of halogens is 2. The highest BCUT2D eigenvalue weighted by Gasteiger charge is 2.27. The number of carbonyl (C=O) groups is 1. The van der Waals surface area contributed by atoms with Crippen LogP contribution in [0.1, 0.15) is 41.7 Å². The van der Waals surface area contributed by atoms with E-state index in [4.69, 9.17) is 9.97 Å². The van der Waals surface area contributed by atoms with E-state index in [1.807, 2.05) is 42.8 Å². The summed E-state index contributed by atoms with van der Waals surface area (Å²) in [4.78, 5) is 30.9. The summed E-state index contributed by atoms with van der Waals surface area (Å²) in [6.07, 6.45) is 0.695. The lowest BCUT2D eigenvalue weighted by Gasteiger charge is -2.37. The van der Waals surface area contributed by atoms with Gasteiger partial charge in [-0.3, -0.25) is 9.69 Å². The van der Waals surface area contributed by atoms with Crippen LogP contribution in [0, 0.1) is 23.0 Å². The molecular formula is C34H34F2N10OS. The number of amides is 1. The molecule has 48 heavy (non-hydrogen) atoms. The van der Waals surface area contributed by atoms with Gasteiger partial charge in [-0.05, 0) is 48.4 Å². The Labute approximate surface area is 280 Å². The predicted octanol–water partition coefficient (Wildman–Crippen LogP) is 5.22. The van der Waals surface area contributed by atoms with E-state index < -0.39 is 5.82 Å². The Kier molecular flexibility index (Phi) is 8.49. The standard InChI is InChI=1S/C34H34F2N10OS/c1-20(2)27-16-29(43(3)34-39-32(30(17-37)48-34)21-4-6-22(35)7-5-21)24-14-23(15-25(36)33(24)38-27)45-12-10-44(11-13-45)19-31(47)46-9-8-26-28(18-46)41-42-40-26/h4-7,14-16,20H,8-13,18-19H2,1-3H3,(H,40,41,42). The highest BCUT2D eigenvalue weighted by Crippen LogP contribution is 2.40. The molecule has 1 N–H and O–H groups in total. The summed E-state index contributed by atoms with van der Waals surface area (Å²) in [5.41, 5.74) is 5.31. The van der Waals surface area contributed by atoms with Gasteiger partial charge in [-0.1, -0.05) is 25.2 Å². The van der Waals surface area contributed by atoms with Crippen molar-refractivity contribution in [3.8, 4) is 17.3 Å². The highest BCUT2D eigenvalue weighted by atomic mass is 32.1. The van der Waals surface area contributed by atoms with Crippen molar-refractivity contribution in [1.82, 2.24) is 35.2 Å². The molecule has 2 aromatic carbocycles. The molecule has 1 amide bonds. The van der Waals surface area contributed by atoms with Gasteiger partial charge in [0.25, 0.3) is 0 Å². The predicted molar refractivity (Wildman–Crippen MR) is 180 cm³/mol. The number of pyridine rings is 1. The Morgan fingerprint density at radius 3 is 2.52 bits per heavy atom. The van der Waals surface area contributed by atoms with E-state index in [2.05, 4.69) is 31.3 Å². The van der Waals surface area contributed by atoms with E-state index in [-0.39, 0.29) is 23.2 Å². The summed E-state index contributed by atoms with van der Waals surface area (Å²) in [6.45, 7) is 8.02. The minimum atomic E-state index is -0.418. The fourth-order valence-electron chi connectivity index (χ4n) is 6.23. The maximum Gasteiger partial charge on any atom is 0.237 e. The molecule has 0 saturated carbocycles. The fraction of sp³-hybridized carbons (Fsp3) is 0.353. The van der Waals surface area contributed by atoms with Crippen LogP contribution in [0.15, 0.2) is 42.5 Å². The number of benzene rings is 2. The molecule has 246 valence electrons. The number of H-pyrrole nitrogens is 1. The average molecular weight is 669 g/mol. The molecule has 0 atom stereocenters. The third-order valence-corrected chi connectivity index (χ3v) is 10.1. The van der Waals surface area contributed by atoms with Crippen molar-refractivity contribution in [2.24, 2.45) is 0 Å². The minimum Gasteiger partial charge on any atom is -0.369 e. The number of aromatic amines is 1. The maximum absolute atomic E-state index is 15.9. The Morgan fingerprint density at radius 1 is 1.04 bits per heavy atom. The SMILES string of the molecule is CC(C)c1cc(N(C)c2nc(-c3ccc(F)cc3)c(C#N)s2)c2cc(N3CCN(CC(=O)N4CCc5n[nH]nc5C4)CC3)cc(F)c2n1. The van der Waals surface area contributed by atoms with Gasteiger partial charge in [-0.25, -0.2) is 18.7 Å². The number of fused-ring (bicyclic) bond motifs is 2. The summed E-state index contributed by atoms with van der Waals surface area (Å²) in [7, 11) is 1.85. The fourth-order valence-corrected chi connectivity index (χ4v) is 7.09. The average Bonchev–Trinajstić information content (AvgIpc) is 3.75. The number of nitrogens with zero attached hydrogens (tertiary/aromatic N) is 9. The van der Waals surface area contributed by atoms with Crippen LogP contribution in [-0.2, 0) is 17.8 Å². The van der Waals surface area contributed by atoms with E-state index in [1.54, 1.807) is 12.1 Å². The van der Waals surface area contributed by atoms with E-state index in [1.165, 1.54) is 29.5 Å². The summed E-state index contributed by atoms with van der Waals surface area (Å²) in [5.74, 6) is -0.678. The molecule has 1 saturated heterocycles. The number of piperazine rings is 1. The summed E-state index contributed by atoms with van der Waals surface area (Å²) >= 11 is 1.22. The molecule has 2 aliphatic rings. The molecule has 2 aliphatic heterocycles. The quantitative estimate of drug-likeness (QED) is 0.249. The molecule has 0 bridgehead atoms. The first kappa shape index (κ1) is 31.6. The number of thiazole rings is 1. The topological polar surface area (TPSA) is 121 Å². The lowest BCUT2D eigenvalue weighted by atomic mass is 10.0. The normalized spacial score (nSPS) is 15.2. The van der Waals surface area contributed by atoms with Gasteiger partial charge in [0, 0.05) is 68.5 Å². The number of anilines is 3. The number of aromatic nitrogens is 5. The van der Waals surface area contributed by atoms with Gasteiger partial charge in [-0.2, -0.15) is 20.7 Å². The van der Waals surface area contributed by atoms with Gasteiger partial charge < -0.3 is 14.7 Å². The lowest BCUT2D eigenvalue weighted by Crippen LogP contribution is -2.50.